The summed E-state index contributed by atoms with van der Waals surface area (Å²) in [6.07, 6.45) is 4.18. The standard InChI is InChI=1S/C13H10ClN3/c1-7-9-4-11(8-2-3-8)16-6-12(9)17-13(14)10(7)5-15/h4,6,8H,2-3H2,1H3. The van der Waals surface area contributed by atoms with E-state index in [1.807, 2.05) is 13.0 Å². The summed E-state index contributed by atoms with van der Waals surface area (Å²) in [6, 6.07) is 4.15. The molecule has 84 valence electrons. The van der Waals surface area contributed by atoms with Crippen molar-refractivity contribution in [3.8, 4) is 6.07 Å². The first-order chi connectivity index (χ1) is 8.20. The number of rotatable bonds is 1. The van der Waals surface area contributed by atoms with Gasteiger partial charge in [-0.1, -0.05) is 11.6 Å². The highest BCUT2D eigenvalue weighted by Crippen LogP contribution is 2.40. The fourth-order valence-electron chi connectivity index (χ4n) is 2.04. The van der Waals surface area contributed by atoms with Gasteiger partial charge in [-0.15, -0.1) is 0 Å². The van der Waals surface area contributed by atoms with Gasteiger partial charge < -0.3 is 0 Å². The molecule has 1 fully saturated rings. The lowest BCUT2D eigenvalue weighted by Crippen LogP contribution is -1.94. The van der Waals surface area contributed by atoms with Gasteiger partial charge in [0.25, 0.3) is 0 Å². The summed E-state index contributed by atoms with van der Waals surface area (Å²) in [5, 5.41) is 10.3. The topological polar surface area (TPSA) is 49.6 Å². The number of hydrogen-bond donors (Lipinski definition) is 0. The summed E-state index contributed by atoms with van der Waals surface area (Å²) in [5.74, 6) is 0.597. The summed E-state index contributed by atoms with van der Waals surface area (Å²) in [6.45, 7) is 1.91. The van der Waals surface area contributed by atoms with E-state index in [2.05, 4.69) is 16.0 Å². The van der Waals surface area contributed by atoms with Gasteiger partial charge in [0.05, 0.1) is 17.3 Å². The van der Waals surface area contributed by atoms with Gasteiger partial charge in [0, 0.05) is 17.0 Å². The number of halogens is 1. The van der Waals surface area contributed by atoms with Gasteiger partial charge >= 0.3 is 0 Å². The highest BCUT2D eigenvalue weighted by Gasteiger charge is 2.25. The number of aromatic nitrogens is 2. The molecule has 3 rings (SSSR count). The minimum atomic E-state index is 0.262. The maximum Gasteiger partial charge on any atom is 0.147 e. The molecular weight excluding hydrogens is 234 g/mol. The maximum absolute atomic E-state index is 9.06. The van der Waals surface area contributed by atoms with Crippen molar-refractivity contribution in [2.45, 2.75) is 25.7 Å². The second-order valence-electron chi connectivity index (χ2n) is 4.42. The van der Waals surface area contributed by atoms with E-state index in [0.717, 1.165) is 22.2 Å². The Kier molecular flexibility index (Phi) is 2.27. The molecule has 1 aliphatic rings. The van der Waals surface area contributed by atoms with Gasteiger partial charge in [0.1, 0.15) is 11.2 Å². The Morgan fingerprint density at radius 2 is 2.24 bits per heavy atom. The van der Waals surface area contributed by atoms with Gasteiger partial charge in [-0.05, 0) is 31.4 Å². The van der Waals surface area contributed by atoms with Gasteiger partial charge in [-0.25, -0.2) is 4.98 Å². The quantitative estimate of drug-likeness (QED) is 0.722. The van der Waals surface area contributed by atoms with E-state index >= 15 is 0 Å². The molecule has 2 heterocycles. The molecule has 4 heteroatoms. The van der Waals surface area contributed by atoms with Crippen molar-refractivity contribution < 1.29 is 0 Å². The number of hydrogen-bond acceptors (Lipinski definition) is 3. The van der Waals surface area contributed by atoms with Crippen molar-refractivity contribution in [1.29, 1.82) is 5.26 Å². The molecule has 1 saturated carbocycles. The minimum absolute atomic E-state index is 0.262. The zero-order chi connectivity index (χ0) is 12.0. The number of aryl methyl sites for hydroxylation is 1. The third kappa shape index (κ3) is 1.65. The molecular formula is C13H10ClN3. The molecule has 0 spiro atoms. The van der Waals surface area contributed by atoms with Crippen LogP contribution in [0.5, 0.6) is 0 Å². The Morgan fingerprint density at radius 3 is 2.88 bits per heavy atom. The minimum Gasteiger partial charge on any atom is -0.259 e. The van der Waals surface area contributed by atoms with Crippen molar-refractivity contribution in [3.63, 3.8) is 0 Å². The molecule has 0 bridgehead atoms. The van der Waals surface area contributed by atoms with E-state index in [1.54, 1.807) is 6.20 Å². The van der Waals surface area contributed by atoms with Crippen LogP contribution in [-0.4, -0.2) is 9.97 Å². The number of nitriles is 1. The van der Waals surface area contributed by atoms with Crippen LogP contribution in [-0.2, 0) is 0 Å². The fraction of sp³-hybridized carbons (Fsp3) is 0.308. The molecule has 0 amide bonds. The number of nitrogens with zero attached hydrogens (tertiary/aromatic N) is 3. The van der Waals surface area contributed by atoms with Gasteiger partial charge in [-0.2, -0.15) is 5.26 Å². The first kappa shape index (κ1) is 10.5. The molecule has 0 radical (unpaired) electrons. The van der Waals surface area contributed by atoms with Gasteiger partial charge in [0.2, 0.25) is 0 Å². The Bertz CT molecular complexity index is 654. The van der Waals surface area contributed by atoms with Crippen LogP contribution in [0.15, 0.2) is 12.3 Å². The average Bonchev–Trinajstić information content (AvgIpc) is 3.13. The average molecular weight is 244 g/mol. The SMILES string of the molecule is Cc1c(C#N)c(Cl)nc2cnc(C3CC3)cc12. The Morgan fingerprint density at radius 1 is 1.47 bits per heavy atom. The molecule has 0 aliphatic heterocycles. The lowest BCUT2D eigenvalue weighted by Gasteiger charge is -2.06. The monoisotopic (exact) mass is 243 g/mol. The van der Waals surface area contributed by atoms with E-state index in [0.29, 0.717) is 11.5 Å². The Balaban J connectivity index is 2.31. The van der Waals surface area contributed by atoms with Crippen molar-refractivity contribution >= 4 is 22.5 Å². The summed E-state index contributed by atoms with van der Waals surface area (Å²) >= 11 is 5.96. The van der Waals surface area contributed by atoms with Crippen LogP contribution in [0.3, 0.4) is 0 Å². The molecule has 3 nitrogen and oxygen atoms in total. The van der Waals surface area contributed by atoms with Crippen LogP contribution in [0.2, 0.25) is 5.15 Å². The highest BCUT2D eigenvalue weighted by molar-refractivity contribution is 6.31. The summed E-state index contributed by atoms with van der Waals surface area (Å²) in [4.78, 5) is 8.61. The third-order valence-electron chi connectivity index (χ3n) is 3.22. The normalized spacial score (nSPS) is 14.9. The van der Waals surface area contributed by atoms with Crippen molar-refractivity contribution in [1.82, 2.24) is 9.97 Å². The lowest BCUT2D eigenvalue weighted by atomic mass is 10.1. The first-order valence-electron chi connectivity index (χ1n) is 5.56. The van der Waals surface area contributed by atoms with Crippen LogP contribution < -0.4 is 0 Å². The Hall–Kier alpha value is -1.66. The maximum atomic E-state index is 9.06. The zero-order valence-electron chi connectivity index (χ0n) is 9.37. The predicted octanol–water partition coefficient (Wildman–Crippen LogP) is 3.34. The van der Waals surface area contributed by atoms with E-state index in [1.165, 1.54) is 12.8 Å². The lowest BCUT2D eigenvalue weighted by molar-refractivity contribution is 1.03. The van der Waals surface area contributed by atoms with Crippen molar-refractivity contribution in [3.05, 3.63) is 34.2 Å². The van der Waals surface area contributed by atoms with E-state index < -0.39 is 0 Å². The molecule has 0 atom stereocenters. The van der Waals surface area contributed by atoms with E-state index in [-0.39, 0.29) is 5.15 Å². The predicted molar refractivity (Wildman–Crippen MR) is 66.0 cm³/mol. The van der Waals surface area contributed by atoms with Crippen LogP contribution in [0.1, 0.15) is 35.6 Å². The molecule has 0 N–H and O–H groups in total. The van der Waals surface area contributed by atoms with E-state index in [4.69, 9.17) is 16.9 Å². The second-order valence-corrected chi connectivity index (χ2v) is 4.77. The number of pyridine rings is 2. The van der Waals surface area contributed by atoms with Crippen LogP contribution in [0, 0.1) is 18.3 Å². The second kappa shape index (κ2) is 3.68. The third-order valence-corrected chi connectivity index (χ3v) is 3.49. The largest absolute Gasteiger partial charge is 0.259 e. The number of fused-ring (bicyclic) bond motifs is 1. The summed E-state index contributed by atoms with van der Waals surface area (Å²) in [5.41, 5.74) is 3.23. The van der Waals surface area contributed by atoms with E-state index in [9.17, 15) is 0 Å². The van der Waals surface area contributed by atoms with Crippen molar-refractivity contribution in [2.75, 3.05) is 0 Å². The molecule has 2 aromatic heterocycles. The Labute approximate surface area is 104 Å². The first-order valence-corrected chi connectivity index (χ1v) is 5.94. The smallest absolute Gasteiger partial charge is 0.147 e. The fourth-order valence-corrected chi connectivity index (χ4v) is 2.31. The van der Waals surface area contributed by atoms with Gasteiger partial charge in [-0.3, -0.25) is 4.98 Å². The molecule has 0 saturated heterocycles. The molecule has 0 aromatic carbocycles. The highest BCUT2D eigenvalue weighted by atomic mass is 35.5. The van der Waals surface area contributed by atoms with Crippen molar-refractivity contribution in [2.24, 2.45) is 0 Å². The molecule has 17 heavy (non-hydrogen) atoms. The van der Waals surface area contributed by atoms with Crippen LogP contribution in [0.25, 0.3) is 10.9 Å². The summed E-state index contributed by atoms with van der Waals surface area (Å²) < 4.78 is 0. The summed E-state index contributed by atoms with van der Waals surface area (Å²) in [7, 11) is 0. The molecule has 2 aromatic rings. The van der Waals surface area contributed by atoms with Crippen LogP contribution >= 0.6 is 11.6 Å². The van der Waals surface area contributed by atoms with Crippen LogP contribution in [0.4, 0.5) is 0 Å². The van der Waals surface area contributed by atoms with Gasteiger partial charge in [0.15, 0.2) is 0 Å². The zero-order valence-corrected chi connectivity index (χ0v) is 10.1. The molecule has 1 aliphatic carbocycles. The molecule has 0 unspecified atom stereocenters.